The number of aliphatic hydroxyl groups is 1. The number of hydrogen-bond acceptors (Lipinski definition) is 5. The molecule has 110 valence electrons. The first kappa shape index (κ1) is 14.0. The molecule has 3 rings (SSSR count). The fourth-order valence-electron chi connectivity index (χ4n) is 3.87. The van der Waals surface area contributed by atoms with Crippen LogP contribution in [0.25, 0.3) is 0 Å². The fourth-order valence-corrected chi connectivity index (χ4v) is 4.61. The SMILES string of the molecule is CCOC(=O)C1CCC2(CC1)CC(O)(c1nccs1)C2. The molecule has 0 aliphatic heterocycles. The fraction of sp³-hybridized carbons (Fsp3) is 0.733. The van der Waals surface area contributed by atoms with Crippen molar-refractivity contribution in [1.29, 1.82) is 0 Å². The van der Waals surface area contributed by atoms with Crippen molar-refractivity contribution in [2.75, 3.05) is 6.61 Å². The van der Waals surface area contributed by atoms with Gasteiger partial charge in [0.25, 0.3) is 0 Å². The first-order valence-electron chi connectivity index (χ1n) is 7.36. The number of esters is 1. The van der Waals surface area contributed by atoms with Crippen LogP contribution in [0.5, 0.6) is 0 Å². The number of aromatic nitrogens is 1. The Morgan fingerprint density at radius 3 is 2.75 bits per heavy atom. The lowest BCUT2D eigenvalue weighted by Gasteiger charge is -2.55. The topological polar surface area (TPSA) is 59.4 Å². The highest BCUT2D eigenvalue weighted by atomic mass is 32.1. The second-order valence-corrected chi connectivity index (χ2v) is 7.14. The molecular weight excluding hydrogens is 274 g/mol. The van der Waals surface area contributed by atoms with E-state index in [1.54, 1.807) is 6.20 Å². The Morgan fingerprint density at radius 2 is 2.20 bits per heavy atom. The van der Waals surface area contributed by atoms with E-state index in [4.69, 9.17) is 4.74 Å². The molecule has 2 aliphatic rings. The van der Waals surface area contributed by atoms with Gasteiger partial charge in [0.05, 0.1) is 12.5 Å². The minimum absolute atomic E-state index is 0.0446. The average molecular weight is 295 g/mol. The molecule has 0 radical (unpaired) electrons. The van der Waals surface area contributed by atoms with Crippen LogP contribution in [0, 0.1) is 11.3 Å². The van der Waals surface area contributed by atoms with Crippen LogP contribution < -0.4 is 0 Å². The molecule has 1 spiro atoms. The highest BCUT2D eigenvalue weighted by molar-refractivity contribution is 7.09. The van der Waals surface area contributed by atoms with E-state index >= 15 is 0 Å². The van der Waals surface area contributed by atoms with Gasteiger partial charge in [-0.25, -0.2) is 4.98 Å². The van der Waals surface area contributed by atoms with Crippen LogP contribution >= 0.6 is 11.3 Å². The Morgan fingerprint density at radius 1 is 1.50 bits per heavy atom. The number of carbonyl (C=O) groups excluding carboxylic acids is 1. The molecule has 0 atom stereocenters. The predicted molar refractivity (Wildman–Crippen MR) is 76.3 cm³/mol. The summed E-state index contributed by atoms with van der Waals surface area (Å²) in [5.41, 5.74) is -0.492. The first-order valence-corrected chi connectivity index (χ1v) is 8.24. The molecule has 20 heavy (non-hydrogen) atoms. The molecular formula is C15H21NO3S. The third kappa shape index (κ3) is 2.37. The number of nitrogens with zero attached hydrogens (tertiary/aromatic N) is 1. The molecule has 1 aromatic rings. The van der Waals surface area contributed by atoms with Crippen molar-refractivity contribution in [3.8, 4) is 0 Å². The van der Waals surface area contributed by atoms with Gasteiger partial charge in [-0.3, -0.25) is 4.79 Å². The highest BCUT2D eigenvalue weighted by Crippen LogP contribution is 2.61. The second kappa shape index (κ2) is 5.11. The van der Waals surface area contributed by atoms with Crippen LogP contribution in [0.1, 0.15) is 50.5 Å². The smallest absolute Gasteiger partial charge is 0.308 e. The largest absolute Gasteiger partial charge is 0.466 e. The van der Waals surface area contributed by atoms with E-state index in [9.17, 15) is 9.90 Å². The predicted octanol–water partition coefficient (Wildman–Crippen LogP) is 2.86. The maximum Gasteiger partial charge on any atom is 0.308 e. The van der Waals surface area contributed by atoms with Gasteiger partial charge in [-0.1, -0.05) is 0 Å². The summed E-state index contributed by atoms with van der Waals surface area (Å²) < 4.78 is 5.10. The van der Waals surface area contributed by atoms with Crippen LogP contribution in [0.4, 0.5) is 0 Å². The van der Waals surface area contributed by atoms with E-state index < -0.39 is 5.60 Å². The molecule has 5 heteroatoms. The molecule has 2 fully saturated rings. The van der Waals surface area contributed by atoms with Crippen LogP contribution in [0.2, 0.25) is 0 Å². The highest BCUT2D eigenvalue weighted by Gasteiger charge is 2.56. The summed E-state index contributed by atoms with van der Waals surface area (Å²) in [6.07, 6.45) is 7.17. The summed E-state index contributed by atoms with van der Waals surface area (Å²) in [6, 6.07) is 0. The summed E-state index contributed by atoms with van der Waals surface area (Å²) in [5.74, 6) is 0.0194. The molecule has 1 aromatic heterocycles. The maximum absolute atomic E-state index is 11.7. The van der Waals surface area contributed by atoms with E-state index in [0.29, 0.717) is 6.61 Å². The molecule has 1 N–H and O–H groups in total. The number of carbonyl (C=O) groups is 1. The lowest BCUT2D eigenvalue weighted by molar-refractivity contribution is -0.164. The minimum atomic E-state index is -0.717. The van der Waals surface area contributed by atoms with Crippen LogP contribution in [-0.2, 0) is 15.1 Å². The maximum atomic E-state index is 11.7. The van der Waals surface area contributed by atoms with Gasteiger partial charge < -0.3 is 9.84 Å². The number of thiazole rings is 1. The van der Waals surface area contributed by atoms with Crippen LogP contribution in [0.15, 0.2) is 11.6 Å². The van der Waals surface area contributed by atoms with Gasteiger partial charge in [0.15, 0.2) is 0 Å². The van der Waals surface area contributed by atoms with Gasteiger partial charge in [-0.2, -0.15) is 0 Å². The molecule has 0 saturated heterocycles. The minimum Gasteiger partial charge on any atom is -0.466 e. The average Bonchev–Trinajstić information content (AvgIpc) is 2.92. The number of rotatable bonds is 3. The van der Waals surface area contributed by atoms with Crippen molar-refractivity contribution in [2.45, 2.75) is 51.0 Å². The van der Waals surface area contributed by atoms with Crippen molar-refractivity contribution >= 4 is 17.3 Å². The molecule has 2 saturated carbocycles. The third-order valence-electron chi connectivity index (χ3n) is 4.83. The van der Waals surface area contributed by atoms with E-state index in [1.165, 1.54) is 11.3 Å². The summed E-state index contributed by atoms with van der Waals surface area (Å²) in [4.78, 5) is 16.0. The summed E-state index contributed by atoms with van der Waals surface area (Å²) >= 11 is 1.53. The zero-order valence-electron chi connectivity index (χ0n) is 11.8. The normalized spacial score (nSPS) is 36.6. The molecule has 1 heterocycles. The lowest BCUT2D eigenvalue weighted by Crippen LogP contribution is -2.51. The molecule has 2 aliphatic carbocycles. The molecule has 0 aromatic carbocycles. The van der Waals surface area contributed by atoms with Crippen molar-refractivity contribution in [2.24, 2.45) is 11.3 Å². The van der Waals surface area contributed by atoms with Crippen molar-refractivity contribution in [3.63, 3.8) is 0 Å². The second-order valence-electron chi connectivity index (χ2n) is 6.25. The van der Waals surface area contributed by atoms with Crippen LogP contribution in [0.3, 0.4) is 0 Å². The van der Waals surface area contributed by atoms with E-state index in [1.807, 2.05) is 12.3 Å². The van der Waals surface area contributed by atoms with E-state index in [-0.39, 0.29) is 17.3 Å². The Balaban J connectivity index is 1.56. The Bertz CT molecular complexity index is 469. The quantitative estimate of drug-likeness (QED) is 0.871. The molecule has 4 nitrogen and oxygen atoms in total. The Hall–Kier alpha value is -0.940. The lowest BCUT2D eigenvalue weighted by atomic mass is 9.52. The van der Waals surface area contributed by atoms with Crippen molar-refractivity contribution in [3.05, 3.63) is 16.6 Å². The van der Waals surface area contributed by atoms with Gasteiger partial charge >= 0.3 is 5.97 Å². The molecule has 0 amide bonds. The van der Waals surface area contributed by atoms with Crippen LogP contribution in [-0.4, -0.2) is 22.7 Å². The molecule has 0 unspecified atom stereocenters. The van der Waals surface area contributed by atoms with Gasteiger partial charge in [0, 0.05) is 11.6 Å². The van der Waals surface area contributed by atoms with Crippen molar-refractivity contribution in [1.82, 2.24) is 4.98 Å². The Kier molecular flexibility index (Phi) is 3.58. The Labute approximate surface area is 123 Å². The summed E-state index contributed by atoms with van der Waals surface area (Å²) in [7, 11) is 0. The number of ether oxygens (including phenoxy) is 1. The summed E-state index contributed by atoms with van der Waals surface area (Å²) in [5, 5.41) is 13.4. The summed E-state index contributed by atoms with van der Waals surface area (Å²) in [6.45, 7) is 2.31. The number of hydrogen-bond donors (Lipinski definition) is 1. The van der Waals surface area contributed by atoms with Gasteiger partial charge in [-0.15, -0.1) is 11.3 Å². The van der Waals surface area contributed by atoms with Gasteiger partial charge in [0.1, 0.15) is 10.6 Å². The van der Waals surface area contributed by atoms with Gasteiger partial charge in [-0.05, 0) is 50.9 Å². The molecule has 0 bridgehead atoms. The standard InChI is InChI=1S/C15H21NO3S/c1-2-19-12(17)11-3-5-14(6-4-11)9-15(18,10-14)13-16-7-8-20-13/h7-8,11,18H,2-6,9-10H2,1H3. The van der Waals surface area contributed by atoms with E-state index in [2.05, 4.69) is 4.98 Å². The zero-order chi connectivity index (χ0) is 14.2. The van der Waals surface area contributed by atoms with E-state index in [0.717, 1.165) is 43.5 Å². The van der Waals surface area contributed by atoms with Crippen molar-refractivity contribution < 1.29 is 14.6 Å². The monoisotopic (exact) mass is 295 g/mol. The van der Waals surface area contributed by atoms with Gasteiger partial charge in [0.2, 0.25) is 0 Å². The first-order chi connectivity index (χ1) is 9.57. The third-order valence-corrected chi connectivity index (χ3v) is 5.80. The zero-order valence-corrected chi connectivity index (χ0v) is 12.6.